The molecule has 0 saturated heterocycles. The Morgan fingerprint density at radius 2 is 2.17 bits per heavy atom. The fourth-order valence-electron chi connectivity index (χ4n) is 0.506. The molecule has 0 bridgehead atoms. The average Bonchev–Trinajstić information content (AvgIpc) is 2.11. The van der Waals surface area contributed by atoms with Crippen LogP contribution in [0.2, 0.25) is 0 Å². The first kappa shape index (κ1) is 10.3. The third-order valence-electron chi connectivity index (χ3n) is 1.01. The SMILES string of the molecule is C=CC=CN(CC=CC=O)N=O. The fourth-order valence-corrected chi connectivity index (χ4v) is 0.506. The highest BCUT2D eigenvalue weighted by Crippen LogP contribution is 1.90. The average molecular weight is 166 g/mol. The summed E-state index contributed by atoms with van der Waals surface area (Å²) in [7, 11) is 0. The number of nitroso groups, excluding NO2 is 1. The van der Waals surface area contributed by atoms with Gasteiger partial charge in [-0.2, -0.15) is 0 Å². The minimum absolute atomic E-state index is 0.284. The van der Waals surface area contributed by atoms with Crippen LogP contribution in [-0.2, 0) is 4.79 Å². The van der Waals surface area contributed by atoms with Crippen LogP contribution in [0.25, 0.3) is 0 Å². The van der Waals surface area contributed by atoms with Crippen LogP contribution in [0.4, 0.5) is 0 Å². The minimum Gasteiger partial charge on any atom is -0.299 e. The smallest absolute Gasteiger partial charge is 0.142 e. The minimum atomic E-state index is 0.284. The molecule has 0 unspecified atom stereocenters. The van der Waals surface area contributed by atoms with Gasteiger partial charge in [0.2, 0.25) is 0 Å². The van der Waals surface area contributed by atoms with Crippen molar-refractivity contribution in [2.24, 2.45) is 5.29 Å². The van der Waals surface area contributed by atoms with Crippen molar-refractivity contribution in [1.82, 2.24) is 5.01 Å². The molecule has 0 spiro atoms. The van der Waals surface area contributed by atoms with E-state index < -0.39 is 0 Å². The standard InChI is InChI=1S/C8H10N2O2/c1-2-3-6-10(9-12)7-4-5-8-11/h2-6,8H,1,7H2. The Kier molecular flexibility index (Phi) is 6.34. The van der Waals surface area contributed by atoms with Crippen LogP contribution in [-0.4, -0.2) is 17.8 Å². The molecule has 12 heavy (non-hydrogen) atoms. The van der Waals surface area contributed by atoms with Gasteiger partial charge in [-0.15, -0.1) is 4.91 Å². The molecule has 0 heterocycles. The maximum atomic E-state index is 10.1. The van der Waals surface area contributed by atoms with E-state index in [2.05, 4.69) is 11.9 Å². The van der Waals surface area contributed by atoms with Gasteiger partial charge in [0.05, 0.1) is 11.8 Å². The van der Waals surface area contributed by atoms with Gasteiger partial charge < -0.3 is 0 Å². The predicted molar refractivity (Wildman–Crippen MR) is 47.0 cm³/mol. The van der Waals surface area contributed by atoms with Crippen molar-refractivity contribution in [2.75, 3.05) is 6.54 Å². The molecule has 4 heteroatoms. The second-order valence-corrected chi connectivity index (χ2v) is 1.85. The van der Waals surface area contributed by atoms with Crippen LogP contribution in [0.1, 0.15) is 0 Å². The number of carbonyl (C=O) groups is 1. The van der Waals surface area contributed by atoms with E-state index in [9.17, 15) is 9.70 Å². The highest BCUT2D eigenvalue weighted by Gasteiger charge is 1.90. The number of hydrogen-bond acceptors (Lipinski definition) is 3. The lowest BCUT2D eigenvalue weighted by Crippen LogP contribution is -2.07. The summed E-state index contributed by atoms with van der Waals surface area (Å²) in [6, 6.07) is 0. The van der Waals surface area contributed by atoms with Gasteiger partial charge in [0.1, 0.15) is 6.29 Å². The quantitative estimate of drug-likeness (QED) is 0.197. The largest absolute Gasteiger partial charge is 0.299 e. The molecule has 0 fully saturated rings. The maximum Gasteiger partial charge on any atom is 0.142 e. The van der Waals surface area contributed by atoms with Crippen LogP contribution in [0, 0.1) is 4.91 Å². The van der Waals surface area contributed by atoms with Crippen molar-refractivity contribution in [1.29, 1.82) is 0 Å². The van der Waals surface area contributed by atoms with Gasteiger partial charge in [0.25, 0.3) is 0 Å². The summed E-state index contributed by atoms with van der Waals surface area (Å²) in [6.45, 7) is 3.72. The first-order chi connectivity index (χ1) is 5.85. The van der Waals surface area contributed by atoms with Gasteiger partial charge in [-0.25, -0.2) is 5.01 Å². The van der Waals surface area contributed by atoms with Gasteiger partial charge in [0.15, 0.2) is 0 Å². The molecular formula is C8H10N2O2. The number of rotatable bonds is 6. The highest BCUT2D eigenvalue weighted by atomic mass is 16.3. The monoisotopic (exact) mass is 166 g/mol. The highest BCUT2D eigenvalue weighted by molar-refractivity contribution is 5.64. The normalized spacial score (nSPS) is 10.3. The van der Waals surface area contributed by atoms with E-state index in [0.717, 1.165) is 5.01 Å². The summed E-state index contributed by atoms with van der Waals surface area (Å²) in [5.41, 5.74) is 0. The molecule has 64 valence electrons. The second kappa shape index (κ2) is 7.40. The van der Waals surface area contributed by atoms with Gasteiger partial charge in [-0.3, -0.25) is 4.79 Å². The lowest BCUT2D eigenvalue weighted by molar-refractivity contribution is -0.104. The molecule has 0 aliphatic rings. The fraction of sp³-hybridized carbons (Fsp3) is 0.125. The molecule has 0 aromatic carbocycles. The Bertz CT molecular complexity index is 209. The van der Waals surface area contributed by atoms with Crippen molar-refractivity contribution >= 4 is 6.29 Å². The zero-order chi connectivity index (χ0) is 9.23. The van der Waals surface area contributed by atoms with E-state index in [-0.39, 0.29) is 6.54 Å². The maximum absolute atomic E-state index is 10.1. The summed E-state index contributed by atoms with van der Waals surface area (Å²) in [6.07, 6.45) is 8.05. The second-order valence-electron chi connectivity index (χ2n) is 1.85. The summed E-state index contributed by atoms with van der Waals surface area (Å²) in [5.74, 6) is 0. The molecule has 0 aromatic heterocycles. The lowest BCUT2D eigenvalue weighted by Gasteiger charge is -2.04. The van der Waals surface area contributed by atoms with Gasteiger partial charge >= 0.3 is 0 Å². The van der Waals surface area contributed by atoms with Crippen LogP contribution in [0.15, 0.2) is 42.4 Å². The first-order valence-corrected chi connectivity index (χ1v) is 3.34. The van der Waals surface area contributed by atoms with Crippen molar-refractivity contribution in [3.05, 3.63) is 42.0 Å². The Hall–Kier alpha value is -1.71. The molecule has 4 nitrogen and oxygen atoms in total. The van der Waals surface area contributed by atoms with Crippen LogP contribution in [0.3, 0.4) is 0 Å². The topological polar surface area (TPSA) is 49.7 Å². The molecule has 0 aromatic rings. The zero-order valence-corrected chi connectivity index (χ0v) is 6.59. The summed E-state index contributed by atoms with van der Waals surface area (Å²) in [4.78, 5) is 19.9. The van der Waals surface area contributed by atoms with E-state index in [1.54, 1.807) is 6.08 Å². The number of nitrogens with zero attached hydrogens (tertiary/aromatic N) is 2. The van der Waals surface area contributed by atoms with E-state index in [1.807, 2.05) is 0 Å². The van der Waals surface area contributed by atoms with E-state index in [0.29, 0.717) is 6.29 Å². The Balaban J connectivity index is 3.90. The number of aldehydes is 1. The number of carbonyl (C=O) groups excluding carboxylic acids is 1. The molecule has 0 rings (SSSR count). The van der Waals surface area contributed by atoms with E-state index in [4.69, 9.17) is 0 Å². The first-order valence-electron chi connectivity index (χ1n) is 3.34. The van der Waals surface area contributed by atoms with Gasteiger partial charge in [-0.05, 0) is 12.2 Å². The van der Waals surface area contributed by atoms with E-state index >= 15 is 0 Å². The molecule has 0 aliphatic heterocycles. The Morgan fingerprint density at radius 1 is 1.42 bits per heavy atom. The summed E-state index contributed by atoms with van der Waals surface area (Å²) < 4.78 is 0. The number of allylic oxidation sites excluding steroid dienone is 3. The van der Waals surface area contributed by atoms with Gasteiger partial charge in [0, 0.05) is 6.20 Å². The molecule has 0 amide bonds. The molecule has 0 saturated carbocycles. The lowest BCUT2D eigenvalue weighted by atomic mass is 10.5. The summed E-state index contributed by atoms with van der Waals surface area (Å²) in [5, 5.41) is 3.82. The third kappa shape index (κ3) is 5.10. The molecule has 0 atom stereocenters. The van der Waals surface area contributed by atoms with E-state index in [1.165, 1.54) is 24.4 Å². The molecule has 0 aliphatic carbocycles. The molecule has 0 N–H and O–H groups in total. The van der Waals surface area contributed by atoms with Crippen LogP contribution < -0.4 is 0 Å². The third-order valence-corrected chi connectivity index (χ3v) is 1.01. The van der Waals surface area contributed by atoms with Crippen molar-refractivity contribution in [3.8, 4) is 0 Å². The van der Waals surface area contributed by atoms with Crippen LogP contribution in [0.5, 0.6) is 0 Å². The zero-order valence-electron chi connectivity index (χ0n) is 6.59. The van der Waals surface area contributed by atoms with Gasteiger partial charge in [-0.1, -0.05) is 18.7 Å². The van der Waals surface area contributed by atoms with Crippen molar-refractivity contribution < 1.29 is 4.79 Å². The van der Waals surface area contributed by atoms with Crippen molar-refractivity contribution in [3.63, 3.8) is 0 Å². The summed E-state index contributed by atoms with van der Waals surface area (Å²) >= 11 is 0. The number of hydrogen-bond donors (Lipinski definition) is 0. The molecular weight excluding hydrogens is 156 g/mol. The van der Waals surface area contributed by atoms with Crippen molar-refractivity contribution in [2.45, 2.75) is 0 Å². The predicted octanol–water partition coefficient (Wildman–Crippen LogP) is 1.42. The Morgan fingerprint density at radius 3 is 2.67 bits per heavy atom. The van der Waals surface area contributed by atoms with Crippen LogP contribution >= 0.6 is 0 Å². The Labute approximate surface area is 70.8 Å². The molecule has 0 radical (unpaired) electrons.